The number of hydrogen-bond acceptors (Lipinski definition) is 5. The van der Waals surface area contributed by atoms with Crippen molar-refractivity contribution in [2.45, 2.75) is 24.9 Å². The number of likely N-dealkylation sites (tertiary alicyclic amines) is 1. The molecule has 1 aromatic heterocycles. The zero-order chi connectivity index (χ0) is 21.3. The molecule has 2 unspecified atom stereocenters. The summed E-state index contributed by atoms with van der Waals surface area (Å²) in [5, 5.41) is 6.98. The summed E-state index contributed by atoms with van der Waals surface area (Å²) in [6.45, 7) is 3.67. The smallest absolute Gasteiger partial charge is 0.191 e. The highest BCUT2D eigenvalue weighted by atomic mass is 16.5. The van der Waals surface area contributed by atoms with Crippen LogP contribution in [0.2, 0.25) is 0 Å². The van der Waals surface area contributed by atoms with Crippen LogP contribution in [0, 0.1) is 0 Å². The Morgan fingerprint density at radius 1 is 1.13 bits per heavy atom. The Kier molecular flexibility index (Phi) is 8.16. The van der Waals surface area contributed by atoms with Crippen LogP contribution in [-0.2, 0) is 0 Å². The molecule has 2 aromatic rings. The summed E-state index contributed by atoms with van der Waals surface area (Å²) in [6.07, 6.45) is 4.20. The van der Waals surface area contributed by atoms with Gasteiger partial charge in [-0.1, -0.05) is 18.2 Å². The fourth-order valence-corrected chi connectivity index (χ4v) is 4.06. The average molecular weight is 414 g/mol. The maximum absolute atomic E-state index is 5.65. The van der Waals surface area contributed by atoms with Gasteiger partial charge in [-0.2, -0.15) is 0 Å². The molecule has 2 N–H and O–H groups in total. The van der Waals surface area contributed by atoms with E-state index in [1.54, 1.807) is 20.4 Å². The molecule has 1 aliphatic rings. The summed E-state index contributed by atoms with van der Waals surface area (Å²) in [7, 11) is 7.65. The van der Waals surface area contributed by atoms with E-state index >= 15 is 0 Å². The molecule has 0 spiro atoms. The van der Waals surface area contributed by atoms with E-state index in [2.05, 4.69) is 51.7 Å². The molecule has 1 saturated heterocycles. The maximum Gasteiger partial charge on any atom is 0.191 e. The van der Waals surface area contributed by atoms with E-state index in [0.717, 1.165) is 37.1 Å². The molecule has 2 atom stereocenters. The monoisotopic (exact) mass is 413 g/mol. The highest BCUT2D eigenvalue weighted by Gasteiger charge is 2.26. The van der Waals surface area contributed by atoms with Gasteiger partial charge in [-0.15, -0.1) is 0 Å². The lowest BCUT2D eigenvalue weighted by molar-refractivity contribution is 0.238. The minimum absolute atomic E-state index is 0.127. The van der Waals surface area contributed by atoms with E-state index in [9.17, 15) is 0 Å². The highest BCUT2D eigenvalue weighted by Crippen LogP contribution is 2.31. The molecule has 0 bridgehead atoms. The van der Waals surface area contributed by atoms with Crippen molar-refractivity contribution in [3.8, 4) is 5.75 Å². The van der Waals surface area contributed by atoms with Gasteiger partial charge in [0.1, 0.15) is 11.5 Å². The summed E-state index contributed by atoms with van der Waals surface area (Å²) in [5.41, 5.74) is 1.21. The van der Waals surface area contributed by atoms with E-state index in [-0.39, 0.29) is 12.1 Å². The quantitative estimate of drug-likeness (QED) is 0.487. The van der Waals surface area contributed by atoms with Gasteiger partial charge in [-0.3, -0.25) is 14.8 Å². The summed E-state index contributed by atoms with van der Waals surface area (Å²) in [5.74, 6) is 2.66. The van der Waals surface area contributed by atoms with Crippen LogP contribution in [0.15, 0.2) is 52.1 Å². The SMILES string of the molecule is CN=C(NCC(c1ccco1)N(C)C)NCC(c1ccccc1OC)N1CCCC1. The van der Waals surface area contributed by atoms with E-state index in [4.69, 9.17) is 9.15 Å². The first-order valence-corrected chi connectivity index (χ1v) is 10.6. The second-order valence-corrected chi connectivity index (χ2v) is 7.83. The van der Waals surface area contributed by atoms with Gasteiger partial charge < -0.3 is 19.8 Å². The first kappa shape index (κ1) is 22.2. The van der Waals surface area contributed by atoms with Crippen molar-refractivity contribution in [1.29, 1.82) is 0 Å². The third kappa shape index (κ3) is 5.55. The number of rotatable bonds is 9. The predicted octanol–water partition coefficient (Wildman–Crippen LogP) is 2.89. The Labute approximate surface area is 180 Å². The average Bonchev–Trinajstić information content (AvgIpc) is 3.47. The van der Waals surface area contributed by atoms with Crippen LogP contribution in [-0.4, -0.2) is 70.2 Å². The lowest BCUT2D eigenvalue weighted by atomic mass is 10.0. The lowest BCUT2D eigenvalue weighted by Crippen LogP contribution is -2.45. The number of aliphatic imine (C=N–C) groups is 1. The molecule has 7 heteroatoms. The van der Waals surface area contributed by atoms with Gasteiger partial charge in [0.2, 0.25) is 0 Å². The molecule has 0 amide bonds. The molecule has 1 aliphatic heterocycles. The number of guanidine groups is 1. The molecule has 1 fully saturated rings. The van der Waals surface area contributed by atoms with Crippen molar-refractivity contribution in [3.05, 3.63) is 54.0 Å². The van der Waals surface area contributed by atoms with E-state index < -0.39 is 0 Å². The second-order valence-electron chi connectivity index (χ2n) is 7.83. The number of ether oxygens (including phenoxy) is 1. The fraction of sp³-hybridized carbons (Fsp3) is 0.522. The van der Waals surface area contributed by atoms with E-state index in [0.29, 0.717) is 6.54 Å². The Morgan fingerprint density at radius 2 is 1.87 bits per heavy atom. The van der Waals surface area contributed by atoms with Crippen molar-refractivity contribution in [3.63, 3.8) is 0 Å². The predicted molar refractivity (Wildman–Crippen MR) is 121 cm³/mol. The van der Waals surface area contributed by atoms with E-state index in [1.807, 2.05) is 24.3 Å². The highest BCUT2D eigenvalue weighted by molar-refractivity contribution is 5.79. The minimum atomic E-state index is 0.127. The number of nitrogens with one attached hydrogen (secondary N) is 2. The Balaban J connectivity index is 1.66. The molecule has 1 aromatic carbocycles. The third-order valence-electron chi connectivity index (χ3n) is 5.72. The van der Waals surface area contributed by atoms with Gasteiger partial charge in [0.25, 0.3) is 0 Å². The third-order valence-corrected chi connectivity index (χ3v) is 5.72. The minimum Gasteiger partial charge on any atom is -0.496 e. The summed E-state index contributed by atoms with van der Waals surface area (Å²) < 4.78 is 11.3. The van der Waals surface area contributed by atoms with Crippen molar-refractivity contribution in [2.75, 3.05) is 54.4 Å². The number of benzene rings is 1. The molecule has 164 valence electrons. The number of furan rings is 1. The van der Waals surface area contributed by atoms with Crippen LogP contribution in [0.25, 0.3) is 0 Å². The standard InChI is InChI=1S/C23H35N5O2/c1-24-23(26-17-20(27(2)3)22-12-9-15-30-22)25-16-19(28-13-7-8-14-28)18-10-5-6-11-21(18)29-4/h5-6,9-12,15,19-20H,7-8,13-14,16-17H2,1-4H3,(H2,24,25,26). The second kappa shape index (κ2) is 11.0. The maximum atomic E-state index is 5.65. The zero-order valence-corrected chi connectivity index (χ0v) is 18.6. The summed E-state index contributed by atoms with van der Waals surface area (Å²) >= 11 is 0. The van der Waals surface area contributed by atoms with Crippen LogP contribution in [0.3, 0.4) is 0 Å². The molecule has 7 nitrogen and oxygen atoms in total. The number of methoxy groups -OCH3 is 1. The van der Waals surface area contributed by atoms with Crippen LogP contribution in [0.4, 0.5) is 0 Å². The first-order valence-electron chi connectivity index (χ1n) is 10.6. The van der Waals surface area contributed by atoms with E-state index in [1.165, 1.54) is 18.4 Å². The van der Waals surface area contributed by atoms with Gasteiger partial charge in [0, 0.05) is 25.7 Å². The Hall–Kier alpha value is -2.51. The summed E-state index contributed by atoms with van der Waals surface area (Å²) in [6, 6.07) is 12.6. The molecular formula is C23H35N5O2. The summed E-state index contributed by atoms with van der Waals surface area (Å²) in [4.78, 5) is 9.10. The van der Waals surface area contributed by atoms with Crippen molar-refractivity contribution >= 4 is 5.96 Å². The fourth-order valence-electron chi connectivity index (χ4n) is 4.06. The number of nitrogens with zero attached hydrogens (tertiary/aromatic N) is 3. The number of likely N-dealkylation sites (N-methyl/N-ethyl adjacent to an activating group) is 1. The molecule has 0 radical (unpaired) electrons. The van der Waals surface area contributed by atoms with Crippen molar-refractivity contribution < 1.29 is 9.15 Å². The largest absolute Gasteiger partial charge is 0.496 e. The Bertz CT molecular complexity index is 785. The van der Waals surface area contributed by atoms with Gasteiger partial charge in [0.05, 0.1) is 25.5 Å². The lowest BCUT2D eigenvalue weighted by Gasteiger charge is -2.30. The normalized spacial score (nSPS) is 17.2. The van der Waals surface area contributed by atoms with Crippen LogP contribution >= 0.6 is 0 Å². The number of para-hydroxylation sites is 1. The van der Waals surface area contributed by atoms with Crippen molar-refractivity contribution in [2.24, 2.45) is 4.99 Å². The topological polar surface area (TPSA) is 65.3 Å². The first-order chi connectivity index (χ1) is 14.6. The number of hydrogen-bond donors (Lipinski definition) is 2. The van der Waals surface area contributed by atoms with Gasteiger partial charge in [-0.25, -0.2) is 0 Å². The van der Waals surface area contributed by atoms with Crippen molar-refractivity contribution in [1.82, 2.24) is 20.4 Å². The van der Waals surface area contributed by atoms with Crippen LogP contribution in [0.5, 0.6) is 5.75 Å². The van der Waals surface area contributed by atoms with Crippen LogP contribution < -0.4 is 15.4 Å². The molecule has 0 saturated carbocycles. The zero-order valence-electron chi connectivity index (χ0n) is 18.6. The molecule has 2 heterocycles. The molecule has 3 rings (SSSR count). The van der Waals surface area contributed by atoms with Gasteiger partial charge in [-0.05, 0) is 58.2 Å². The van der Waals surface area contributed by atoms with Gasteiger partial charge in [0.15, 0.2) is 5.96 Å². The molecule has 30 heavy (non-hydrogen) atoms. The van der Waals surface area contributed by atoms with Crippen LogP contribution in [0.1, 0.15) is 36.2 Å². The molecule has 0 aliphatic carbocycles. The van der Waals surface area contributed by atoms with Gasteiger partial charge >= 0.3 is 0 Å². The molecular weight excluding hydrogens is 378 g/mol. The Morgan fingerprint density at radius 3 is 2.50 bits per heavy atom.